The van der Waals surface area contributed by atoms with Gasteiger partial charge in [0.2, 0.25) is 5.91 Å². The van der Waals surface area contributed by atoms with Crippen LogP contribution in [-0.4, -0.2) is 47.7 Å². The van der Waals surface area contributed by atoms with Gasteiger partial charge in [0.1, 0.15) is 23.7 Å². The lowest BCUT2D eigenvalue weighted by Crippen LogP contribution is -2.45. The molecule has 2 heterocycles. The largest absolute Gasteiger partial charge is 0.487 e. The monoisotopic (exact) mass is 428 g/mol. The standard InChI is InChI=1S/C22H22F2N4O3/c23-14-6-7-20(17(24)12-14)31-16-8-10-27(11-9-16)22(30)18-13-19(21(25)29)28(26-18)15-4-2-1-3-5-15/h1-7,12,16,19H,8-11,13H2,(H2,25,29). The number of hydrogen-bond donors (Lipinski definition) is 1. The molecular formula is C22H22F2N4O3. The van der Waals surface area contributed by atoms with E-state index >= 15 is 0 Å². The average Bonchev–Trinajstić information content (AvgIpc) is 3.22. The molecule has 0 bridgehead atoms. The number of primary amides is 1. The zero-order valence-corrected chi connectivity index (χ0v) is 16.7. The van der Waals surface area contributed by atoms with Crippen LogP contribution in [0.2, 0.25) is 0 Å². The molecule has 4 rings (SSSR count). The summed E-state index contributed by atoms with van der Waals surface area (Å²) in [4.78, 5) is 26.5. The summed E-state index contributed by atoms with van der Waals surface area (Å²) in [7, 11) is 0. The van der Waals surface area contributed by atoms with Crippen LogP contribution in [0.5, 0.6) is 5.75 Å². The lowest BCUT2D eigenvalue weighted by Gasteiger charge is -2.32. The lowest BCUT2D eigenvalue weighted by molar-refractivity contribution is -0.125. The molecule has 0 radical (unpaired) electrons. The van der Waals surface area contributed by atoms with Crippen LogP contribution in [0.15, 0.2) is 53.6 Å². The summed E-state index contributed by atoms with van der Waals surface area (Å²) in [6.45, 7) is 0.801. The Kier molecular flexibility index (Phi) is 5.83. The Morgan fingerprint density at radius 2 is 1.77 bits per heavy atom. The number of benzene rings is 2. The van der Waals surface area contributed by atoms with E-state index in [2.05, 4.69) is 5.10 Å². The van der Waals surface area contributed by atoms with E-state index in [1.54, 1.807) is 17.0 Å². The second kappa shape index (κ2) is 8.71. The second-order valence-corrected chi connectivity index (χ2v) is 7.53. The molecule has 2 aliphatic rings. The maximum Gasteiger partial charge on any atom is 0.270 e. The van der Waals surface area contributed by atoms with Crippen molar-refractivity contribution in [2.24, 2.45) is 10.8 Å². The maximum atomic E-state index is 13.8. The van der Waals surface area contributed by atoms with E-state index in [4.69, 9.17) is 10.5 Å². The predicted octanol–water partition coefficient (Wildman–Crippen LogP) is 2.45. The van der Waals surface area contributed by atoms with E-state index in [1.807, 2.05) is 18.2 Å². The Morgan fingerprint density at radius 1 is 1.06 bits per heavy atom. The minimum absolute atomic E-state index is 0.00542. The van der Waals surface area contributed by atoms with Gasteiger partial charge in [0.15, 0.2) is 11.6 Å². The van der Waals surface area contributed by atoms with Gasteiger partial charge < -0.3 is 15.4 Å². The number of para-hydroxylation sites is 1. The molecule has 2 N–H and O–H groups in total. The Bertz CT molecular complexity index is 1010. The van der Waals surface area contributed by atoms with E-state index < -0.39 is 23.6 Å². The fraction of sp³-hybridized carbons (Fsp3) is 0.318. The van der Waals surface area contributed by atoms with E-state index in [-0.39, 0.29) is 29.9 Å². The molecule has 0 aliphatic carbocycles. The van der Waals surface area contributed by atoms with E-state index in [0.717, 1.165) is 12.1 Å². The number of anilines is 1. The predicted molar refractivity (Wildman–Crippen MR) is 111 cm³/mol. The summed E-state index contributed by atoms with van der Waals surface area (Å²) < 4.78 is 32.5. The number of halogens is 2. The van der Waals surface area contributed by atoms with E-state index in [0.29, 0.717) is 31.6 Å². The third kappa shape index (κ3) is 4.50. The molecule has 9 heteroatoms. The molecule has 1 atom stereocenters. The fourth-order valence-corrected chi connectivity index (χ4v) is 3.79. The Morgan fingerprint density at radius 3 is 2.42 bits per heavy atom. The molecule has 0 saturated carbocycles. The third-order valence-electron chi connectivity index (χ3n) is 5.42. The van der Waals surface area contributed by atoms with Crippen LogP contribution >= 0.6 is 0 Å². The van der Waals surface area contributed by atoms with Crippen molar-refractivity contribution in [2.75, 3.05) is 18.1 Å². The zero-order chi connectivity index (χ0) is 22.0. The van der Waals surface area contributed by atoms with Gasteiger partial charge in [-0.3, -0.25) is 14.6 Å². The SMILES string of the molecule is NC(=O)C1CC(C(=O)N2CCC(Oc3ccc(F)cc3F)CC2)=NN1c1ccccc1. The van der Waals surface area contributed by atoms with Gasteiger partial charge in [-0.25, -0.2) is 8.78 Å². The summed E-state index contributed by atoms with van der Waals surface area (Å²) in [5.74, 6) is -2.23. The van der Waals surface area contributed by atoms with Crippen molar-refractivity contribution in [2.45, 2.75) is 31.4 Å². The van der Waals surface area contributed by atoms with Gasteiger partial charge in [-0.05, 0) is 24.3 Å². The van der Waals surface area contributed by atoms with Crippen molar-refractivity contribution in [3.63, 3.8) is 0 Å². The molecule has 1 fully saturated rings. The maximum absolute atomic E-state index is 13.8. The first-order valence-electron chi connectivity index (χ1n) is 10.0. The van der Waals surface area contributed by atoms with Gasteiger partial charge >= 0.3 is 0 Å². The summed E-state index contributed by atoms with van der Waals surface area (Å²) in [6, 6.07) is 11.5. The topological polar surface area (TPSA) is 88.2 Å². The number of hydrogen-bond acceptors (Lipinski definition) is 5. The number of carbonyl (C=O) groups is 2. The molecule has 2 aromatic carbocycles. The molecule has 7 nitrogen and oxygen atoms in total. The van der Waals surface area contributed by atoms with Crippen molar-refractivity contribution < 1.29 is 23.1 Å². The number of hydrazone groups is 1. The molecular weight excluding hydrogens is 406 g/mol. The van der Waals surface area contributed by atoms with Gasteiger partial charge in [-0.1, -0.05) is 18.2 Å². The first-order valence-corrected chi connectivity index (χ1v) is 10.0. The summed E-state index contributed by atoms with van der Waals surface area (Å²) >= 11 is 0. The highest BCUT2D eigenvalue weighted by Gasteiger charge is 2.37. The molecule has 0 aromatic heterocycles. The van der Waals surface area contributed by atoms with Crippen LogP contribution in [0.4, 0.5) is 14.5 Å². The van der Waals surface area contributed by atoms with Crippen molar-refractivity contribution >= 4 is 23.2 Å². The van der Waals surface area contributed by atoms with Crippen molar-refractivity contribution in [1.82, 2.24) is 4.90 Å². The summed E-state index contributed by atoms with van der Waals surface area (Å²) in [6.07, 6.45) is 0.851. The number of likely N-dealkylation sites (tertiary alicyclic amines) is 1. The Balaban J connectivity index is 1.39. The number of nitrogens with zero attached hydrogens (tertiary/aromatic N) is 3. The smallest absolute Gasteiger partial charge is 0.270 e. The number of amides is 2. The minimum atomic E-state index is -0.752. The number of piperidine rings is 1. The second-order valence-electron chi connectivity index (χ2n) is 7.53. The van der Waals surface area contributed by atoms with Crippen LogP contribution in [0.3, 0.4) is 0 Å². The normalized spacial score (nSPS) is 19.3. The average molecular weight is 428 g/mol. The summed E-state index contributed by atoms with van der Waals surface area (Å²) in [5, 5.41) is 5.87. The van der Waals surface area contributed by atoms with Gasteiger partial charge in [-0.15, -0.1) is 0 Å². The van der Waals surface area contributed by atoms with Crippen LogP contribution in [0.1, 0.15) is 19.3 Å². The fourth-order valence-electron chi connectivity index (χ4n) is 3.79. The van der Waals surface area contributed by atoms with Crippen molar-refractivity contribution in [3.8, 4) is 5.75 Å². The number of ether oxygens (including phenoxy) is 1. The van der Waals surface area contributed by atoms with Crippen molar-refractivity contribution in [3.05, 3.63) is 60.2 Å². The minimum Gasteiger partial charge on any atom is -0.487 e. The molecule has 31 heavy (non-hydrogen) atoms. The highest BCUT2D eigenvalue weighted by molar-refractivity contribution is 6.40. The Hall–Kier alpha value is -3.49. The number of rotatable bonds is 5. The highest BCUT2D eigenvalue weighted by atomic mass is 19.1. The van der Waals surface area contributed by atoms with Crippen LogP contribution in [-0.2, 0) is 9.59 Å². The van der Waals surface area contributed by atoms with Crippen LogP contribution in [0, 0.1) is 11.6 Å². The highest BCUT2D eigenvalue weighted by Crippen LogP contribution is 2.26. The van der Waals surface area contributed by atoms with E-state index in [1.165, 1.54) is 11.1 Å². The zero-order valence-electron chi connectivity index (χ0n) is 16.7. The van der Waals surface area contributed by atoms with Gasteiger partial charge in [0.25, 0.3) is 5.91 Å². The first-order chi connectivity index (χ1) is 14.9. The lowest BCUT2D eigenvalue weighted by atomic mass is 10.0. The molecule has 1 unspecified atom stereocenters. The van der Waals surface area contributed by atoms with Crippen molar-refractivity contribution in [1.29, 1.82) is 0 Å². The first kappa shape index (κ1) is 20.8. The molecule has 0 spiro atoms. The molecule has 1 saturated heterocycles. The summed E-state index contributed by atoms with van der Waals surface area (Å²) in [5.41, 5.74) is 6.49. The third-order valence-corrected chi connectivity index (χ3v) is 5.42. The quantitative estimate of drug-likeness (QED) is 0.793. The van der Waals surface area contributed by atoms with Crippen LogP contribution in [0.25, 0.3) is 0 Å². The van der Waals surface area contributed by atoms with Gasteiger partial charge in [0, 0.05) is 38.4 Å². The van der Waals surface area contributed by atoms with Gasteiger partial charge in [-0.2, -0.15) is 5.10 Å². The molecule has 2 amide bonds. The van der Waals surface area contributed by atoms with Crippen LogP contribution < -0.4 is 15.5 Å². The molecule has 2 aliphatic heterocycles. The molecule has 2 aromatic rings. The Labute approximate surface area is 178 Å². The molecule has 162 valence electrons. The van der Waals surface area contributed by atoms with E-state index in [9.17, 15) is 18.4 Å². The number of nitrogens with two attached hydrogens (primary N) is 1. The van der Waals surface area contributed by atoms with Gasteiger partial charge in [0.05, 0.1) is 5.69 Å². The number of carbonyl (C=O) groups excluding carboxylic acids is 2.